The largest absolute Gasteiger partial charge is 0.354 e. The monoisotopic (exact) mass is 186 g/mol. The van der Waals surface area contributed by atoms with Gasteiger partial charge in [0, 0.05) is 19.5 Å². The Morgan fingerprint density at radius 2 is 1.92 bits per heavy atom. The van der Waals surface area contributed by atoms with Gasteiger partial charge in [0.15, 0.2) is 0 Å². The molecule has 0 aliphatic heterocycles. The van der Waals surface area contributed by atoms with Gasteiger partial charge in [-0.3, -0.25) is 9.59 Å². The van der Waals surface area contributed by atoms with Crippen LogP contribution in [0.2, 0.25) is 0 Å². The maximum atomic E-state index is 11.0. The minimum Gasteiger partial charge on any atom is -0.354 e. The standard InChI is InChI=1S/C8H16N3O2/c1-5(4-10-7(3)12)11-8(13)6(2)9/h5-6,9H,4H2,1-3H3,(H,10,12)(H,11,13)/t5-,6+/m0/s1. The second-order valence-electron chi connectivity index (χ2n) is 3.07. The Balaban J connectivity index is 3.68. The molecule has 1 radical (unpaired) electrons. The van der Waals surface area contributed by atoms with E-state index in [4.69, 9.17) is 5.73 Å². The van der Waals surface area contributed by atoms with Crippen LogP contribution in [-0.2, 0) is 9.59 Å². The van der Waals surface area contributed by atoms with Gasteiger partial charge in [-0.25, -0.2) is 5.73 Å². The van der Waals surface area contributed by atoms with E-state index in [-0.39, 0.29) is 17.9 Å². The molecule has 0 aromatic rings. The third kappa shape index (κ3) is 6.10. The first-order chi connectivity index (χ1) is 5.93. The van der Waals surface area contributed by atoms with E-state index >= 15 is 0 Å². The summed E-state index contributed by atoms with van der Waals surface area (Å²) in [6.45, 7) is 5.09. The minimum atomic E-state index is -0.764. The summed E-state index contributed by atoms with van der Waals surface area (Å²) in [4.78, 5) is 21.5. The first-order valence-electron chi connectivity index (χ1n) is 4.19. The molecule has 0 saturated carbocycles. The van der Waals surface area contributed by atoms with E-state index in [9.17, 15) is 9.59 Å². The van der Waals surface area contributed by atoms with Gasteiger partial charge < -0.3 is 10.6 Å². The van der Waals surface area contributed by atoms with Crippen molar-refractivity contribution in [1.82, 2.24) is 16.4 Å². The number of amides is 2. The van der Waals surface area contributed by atoms with Gasteiger partial charge in [0.25, 0.3) is 0 Å². The Morgan fingerprint density at radius 3 is 2.31 bits per heavy atom. The van der Waals surface area contributed by atoms with E-state index in [0.29, 0.717) is 6.54 Å². The highest BCUT2D eigenvalue weighted by molar-refractivity contribution is 5.81. The third-order valence-corrected chi connectivity index (χ3v) is 1.44. The molecule has 0 aromatic carbocycles. The van der Waals surface area contributed by atoms with Crippen molar-refractivity contribution in [3.05, 3.63) is 0 Å². The Morgan fingerprint density at radius 1 is 1.38 bits per heavy atom. The second-order valence-corrected chi connectivity index (χ2v) is 3.07. The average molecular weight is 186 g/mol. The van der Waals surface area contributed by atoms with Crippen molar-refractivity contribution in [1.29, 1.82) is 0 Å². The zero-order valence-corrected chi connectivity index (χ0v) is 8.18. The summed E-state index contributed by atoms with van der Waals surface area (Å²) >= 11 is 0. The Bertz CT molecular complexity index is 192. The van der Waals surface area contributed by atoms with Crippen molar-refractivity contribution in [3.8, 4) is 0 Å². The van der Waals surface area contributed by atoms with E-state index in [1.807, 2.05) is 0 Å². The van der Waals surface area contributed by atoms with E-state index < -0.39 is 6.04 Å². The quantitative estimate of drug-likeness (QED) is 0.608. The van der Waals surface area contributed by atoms with Crippen LogP contribution in [0, 0.1) is 0 Å². The first kappa shape index (κ1) is 11.9. The summed E-state index contributed by atoms with van der Waals surface area (Å²) in [6, 6.07) is -0.899. The van der Waals surface area contributed by atoms with Gasteiger partial charge in [0.05, 0.1) is 6.04 Å². The normalized spacial score (nSPS) is 14.5. The summed E-state index contributed by atoms with van der Waals surface area (Å²) in [5, 5.41) is 5.17. The molecule has 0 aliphatic carbocycles. The topological polar surface area (TPSA) is 82.0 Å². The fraction of sp³-hybridized carbons (Fsp3) is 0.750. The molecule has 0 unspecified atom stereocenters. The lowest BCUT2D eigenvalue weighted by Crippen LogP contribution is -2.44. The second kappa shape index (κ2) is 5.53. The van der Waals surface area contributed by atoms with E-state index in [1.54, 1.807) is 6.92 Å². The van der Waals surface area contributed by atoms with Gasteiger partial charge in [-0.1, -0.05) is 0 Å². The van der Waals surface area contributed by atoms with Gasteiger partial charge in [-0.15, -0.1) is 0 Å². The molecule has 13 heavy (non-hydrogen) atoms. The van der Waals surface area contributed by atoms with Gasteiger partial charge in [-0.2, -0.15) is 0 Å². The molecule has 0 aliphatic rings. The molecule has 2 amide bonds. The molecule has 2 atom stereocenters. The summed E-state index contributed by atoms with van der Waals surface area (Å²) in [5.74, 6) is -0.446. The maximum Gasteiger partial charge on any atom is 0.238 e. The summed E-state index contributed by atoms with van der Waals surface area (Å²) in [6.07, 6.45) is 0. The molecule has 0 aromatic heterocycles. The van der Waals surface area contributed by atoms with Crippen molar-refractivity contribution in [3.63, 3.8) is 0 Å². The van der Waals surface area contributed by atoms with E-state index in [1.165, 1.54) is 13.8 Å². The highest BCUT2D eigenvalue weighted by Crippen LogP contribution is 1.83. The van der Waals surface area contributed by atoms with Crippen LogP contribution in [0.4, 0.5) is 0 Å². The molecule has 5 heteroatoms. The number of nitrogens with one attached hydrogen (secondary N) is 3. The fourth-order valence-corrected chi connectivity index (χ4v) is 0.716. The molecule has 0 spiro atoms. The number of carbonyl (C=O) groups is 2. The molecule has 0 fully saturated rings. The zero-order valence-electron chi connectivity index (χ0n) is 8.18. The lowest BCUT2D eigenvalue weighted by molar-refractivity contribution is -0.123. The summed E-state index contributed by atoms with van der Waals surface area (Å²) in [7, 11) is 0. The lowest BCUT2D eigenvalue weighted by atomic mass is 10.3. The van der Waals surface area contributed by atoms with Crippen LogP contribution in [-0.4, -0.2) is 30.4 Å². The van der Waals surface area contributed by atoms with Crippen molar-refractivity contribution in [2.24, 2.45) is 0 Å². The van der Waals surface area contributed by atoms with Crippen LogP contribution < -0.4 is 16.4 Å². The van der Waals surface area contributed by atoms with E-state index in [0.717, 1.165) is 0 Å². The predicted octanol–water partition coefficient (Wildman–Crippen LogP) is -0.701. The van der Waals surface area contributed by atoms with Crippen LogP contribution in [0.5, 0.6) is 0 Å². The molecular weight excluding hydrogens is 170 g/mol. The van der Waals surface area contributed by atoms with Crippen molar-refractivity contribution in [2.75, 3.05) is 6.54 Å². The number of rotatable bonds is 4. The van der Waals surface area contributed by atoms with Gasteiger partial charge in [-0.05, 0) is 13.8 Å². The number of hydrogen-bond donors (Lipinski definition) is 2. The van der Waals surface area contributed by atoms with Crippen LogP contribution in [0.3, 0.4) is 0 Å². The number of carbonyl (C=O) groups excluding carboxylic acids is 2. The van der Waals surface area contributed by atoms with Gasteiger partial charge in [0.1, 0.15) is 0 Å². The van der Waals surface area contributed by atoms with Gasteiger partial charge in [0.2, 0.25) is 11.8 Å². The molecular formula is C8H16N3O2. The smallest absolute Gasteiger partial charge is 0.238 e. The SMILES string of the molecule is CC(=O)NC[C@H](C)NC(=O)[C@@H](C)[NH]. The molecule has 0 rings (SSSR count). The molecule has 0 saturated heterocycles. The van der Waals surface area contributed by atoms with Crippen molar-refractivity contribution in [2.45, 2.75) is 32.9 Å². The van der Waals surface area contributed by atoms with Crippen LogP contribution in [0.15, 0.2) is 0 Å². The Labute approximate surface area is 78.1 Å². The first-order valence-corrected chi connectivity index (χ1v) is 4.19. The molecule has 3 N–H and O–H groups in total. The fourth-order valence-electron chi connectivity index (χ4n) is 0.716. The molecule has 0 bridgehead atoms. The predicted molar refractivity (Wildman–Crippen MR) is 48.8 cm³/mol. The summed E-state index contributed by atoms with van der Waals surface area (Å²) in [5.41, 5.74) is 7.09. The maximum absolute atomic E-state index is 11.0. The van der Waals surface area contributed by atoms with Crippen molar-refractivity contribution >= 4 is 11.8 Å². The highest BCUT2D eigenvalue weighted by atomic mass is 16.2. The third-order valence-electron chi connectivity index (χ3n) is 1.44. The minimum absolute atomic E-state index is 0.125. The average Bonchev–Trinajstić information content (AvgIpc) is 2.00. The van der Waals surface area contributed by atoms with Crippen LogP contribution >= 0.6 is 0 Å². The van der Waals surface area contributed by atoms with Crippen LogP contribution in [0.1, 0.15) is 20.8 Å². The molecule has 5 nitrogen and oxygen atoms in total. The van der Waals surface area contributed by atoms with Crippen molar-refractivity contribution < 1.29 is 9.59 Å². The zero-order chi connectivity index (χ0) is 10.4. The van der Waals surface area contributed by atoms with Crippen LogP contribution in [0.25, 0.3) is 0 Å². The summed E-state index contributed by atoms with van der Waals surface area (Å²) < 4.78 is 0. The molecule has 0 heterocycles. The highest BCUT2D eigenvalue weighted by Gasteiger charge is 2.11. The number of hydrogen-bond acceptors (Lipinski definition) is 2. The van der Waals surface area contributed by atoms with Gasteiger partial charge >= 0.3 is 0 Å². The Kier molecular flexibility index (Phi) is 5.06. The lowest BCUT2D eigenvalue weighted by Gasteiger charge is -2.15. The Hall–Kier alpha value is -1.10. The van der Waals surface area contributed by atoms with E-state index in [2.05, 4.69) is 10.6 Å². The molecule has 75 valence electrons.